The van der Waals surface area contributed by atoms with Gasteiger partial charge in [-0.2, -0.15) is 11.3 Å². The Kier molecular flexibility index (Phi) is 5.20. The molecular formula is C18H15BrN2OS. The van der Waals surface area contributed by atoms with Crippen molar-refractivity contribution in [3.05, 3.63) is 86.8 Å². The average Bonchev–Trinajstić information content (AvgIpc) is 3.08. The Morgan fingerprint density at radius 1 is 1.09 bits per heavy atom. The van der Waals surface area contributed by atoms with Crippen LogP contribution in [0.5, 0.6) is 0 Å². The van der Waals surface area contributed by atoms with Crippen LogP contribution >= 0.6 is 27.3 Å². The molecule has 0 radical (unpaired) electrons. The highest BCUT2D eigenvalue weighted by Gasteiger charge is 2.19. The largest absolute Gasteiger partial charge is 0.328 e. The number of halogens is 1. The third kappa shape index (κ3) is 4.06. The molecule has 0 bridgehead atoms. The molecule has 3 rings (SSSR count). The van der Waals surface area contributed by atoms with E-state index in [-0.39, 0.29) is 5.91 Å². The van der Waals surface area contributed by atoms with Crippen LogP contribution in [0.3, 0.4) is 0 Å². The van der Waals surface area contributed by atoms with Gasteiger partial charge in [-0.15, -0.1) is 0 Å². The number of carbonyl (C=O) groups is 1. The van der Waals surface area contributed by atoms with Crippen LogP contribution in [0.4, 0.5) is 0 Å². The van der Waals surface area contributed by atoms with E-state index in [1.165, 1.54) is 0 Å². The zero-order chi connectivity index (χ0) is 16.1. The predicted molar refractivity (Wildman–Crippen MR) is 96.3 cm³/mol. The second kappa shape index (κ2) is 7.53. The molecule has 0 aliphatic carbocycles. The Morgan fingerprint density at radius 3 is 2.61 bits per heavy atom. The van der Waals surface area contributed by atoms with Crippen molar-refractivity contribution in [2.75, 3.05) is 0 Å². The molecule has 116 valence electrons. The van der Waals surface area contributed by atoms with E-state index in [0.29, 0.717) is 18.7 Å². The molecule has 0 spiro atoms. The van der Waals surface area contributed by atoms with Crippen molar-refractivity contribution in [3.63, 3.8) is 0 Å². The highest BCUT2D eigenvalue weighted by molar-refractivity contribution is 9.10. The molecule has 0 fully saturated rings. The zero-order valence-corrected chi connectivity index (χ0v) is 14.8. The van der Waals surface area contributed by atoms with E-state index in [1.807, 2.05) is 58.8 Å². The molecule has 0 saturated carbocycles. The minimum atomic E-state index is -0.00525. The molecule has 1 amide bonds. The van der Waals surface area contributed by atoms with Gasteiger partial charge in [0.05, 0.1) is 17.8 Å². The Hall–Kier alpha value is -1.98. The van der Waals surface area contributed by atoms with Gasteiger partial charge in [-0.05, 0) is 62.6 Å². The minimum absolute atomic E-state index is 0.00525. The van der Waals surface area contributed by atoms with E-state index >= 15 is 0 Å². The molecule has 0 unspecified atom stereocenters. The summed E-state index contributed by atoms with van der Waals surface area (Å²) in [6.07, 6.45) is 1.75. The van der Waals surface area contributed by atoms with E-state index in [9.17, 15) is 4.79 Å². The van der Waals surface area contributed by atoms with Crippen molar-refractivity contribution in [3.8, 4) is 0 Å². The first-order valence-electron chi connectivity index (χ1n) is 7.19. The smallest absolute Gasteiger partial charge is 0.255 e. The number of thiophene rings is 1. The lowest BCUT2D eigenvalue weighted by molar-refractivity contribution is 0.0727. The maximum Gasteiger partial charge on any atom is 0.255 e. The van der Waals surface area contributed by atoms with E-state index in [0.717, 1.165) is 15.7 Å². The third-order valence-electron chi connectivity index (χ3n) is 3.42. The molecule has 5 heteroatoms. The van der Waals surface area contributed by atoms with Gasteiger partial charge in [0.25, 0.3) is 5.91 Å². The fraction of sp³-hybridized carbons (Fsp3) is 0.111. The van der Waals surface area contributed by atoms with Crippen molar-refractivity contribution in [2.24, 2.45) is 0 Å². The van der Waals surface area contributed by atoms with Gasteiger partial charge in [0.15, 0.2) is 0 Å². The van der Waals surface area contributed by atoms with Gasteiger partial charge in [-0.3, -0.25) is 9.78 Å². The molecule has 0 atom stereocenters. The monoisotopic (exact) mass is 386 g/mol. The van der Waals surface area contributed by atoms with Crippen LogP contribution in [0.15, 0.2) is 70.0 Å². The molecule has 0 aliphatic heterocycles. The van der Waals surface area contributed by atoms with Crippen LogP contribution in [0.1, 0.15) is 21.6 Å². The first-order chi connectivity index (χ1) is 11.2. The number of rotatable bonds is 5. The number of pyridine rings is 1. The fourth-order valence-electron chi connectivity index (χ4n) is 2.29. The second-order valence-corrected chi connectivity index (χ2v) is 6.73. The van der Waals surface area contributed by atoms with Crippen molar-refractivity contribution in [2.45, 2.75) is 13.1 Å². The maximum absolute atomic E-state index is 13.0. The Morgan fingerprint density at radius 2 is 1.91 bits per heavy atom. The molecule has 2 aromatic heterocycles. The number of amides is 1. The summed E-state index contributed by atoms with van der Waals surface area (Å²) in [4.78, 5) is 19.1. The lowest BCUT2D eigenvalue weighted by atomic mass is 10.1. The number of hydrogen-bond acceptors (Lipinski definition) is 3. The van der Waals surface area contributed by atoms with Gasteiger partial charge >= 0.3 is 0 Å². The summed E-state index contributed by atoms with van der Waals surface area (Å²) >= 11 is 5.10. The van der Waals surface area contributed by atoms with Crippen LogP contribution in [-0.2, 0) is 13.1 Å². The van der Waals surface area contributed by atoms with Crippen LogP contribution < -0.4 is 0 Å². The SMILES string of the molecule is O=C(c1ccccc1Br)N(Cc1ccsc1)Cc1ccccn1. The lowest BCUT2D eigenvalue weighted by Crippen LogP contribution is -2.30. The van der Waals surface area contributed by atoms with Gasteiger partial charge in [0, 0.05) is 17.2 Å². The topological polar surface area (TPSA) is 33.2 Å². The zero-order valence-electron chi connectivity index (χ0n) is 12.4. The molecule has 3 nitrogen and oxygen atoms in total. The second-order valence-electron chi connectivity index (χ2n) is 5.09. The number of aromatic nitrogens is 1. The van der Waals surface area contributed by atoms with Gasteiger partial charge in [0.1, 0.15) is 0 Å². The summed E-state index contributed by atoms with van der Waals surface area (Å²) in [7, 11) is 0. The maximum atomic E-state index is 13.0. The average molecular weight is 387 g/mol. The summed E-state index contributed by atoms with van der Waals surface area (Å²) in [5, 5.41) is 4.09. The number of nitrogens with zero attached hydrogens (tertiary/aromatic N) is 2. The van der Waals surface area contributed by atoms with Gasteiger partial charge in [-0.1, -0.05) is 18.2 Å². The van der Waals surface area contributed by atoms with Crippen LogP contribution in [-0.4, -0.2) is 15.8 Å². The molecule has 23 heavy (non-hydrogen) atoms. The quantitative estimate of drug-likeness (QED) is 0.633. The van der Waals surface area contributed by atoms with Gasteiger partial charge in [-0.25, -0.2) is 0 Å². The van der Waals surface area contributed by atoms with Crippen molar-refractivity contribution in [1.29, 1.82) is 0 Å². The normalized spacial score (nSPS) is 10.5. The molecular weight excluding hydrogens is 372 g/mol. The number of benzene rings is 1. The molecule has 1 aromatic carbocycles. The molecule has 0 aliphatic rings. The number of hydrogen-bond donors (Lipinski definition) is 0. The van der Waals surface area contributed by atoms with Crippen LogP contribution in [0, 0.1) is 0 Å². The Balaban J connectivity index is 1.88. The highest BCUT2D eigenvalue weighted by atomic mass is 79.9. The van der Waals surface area contributed by atoms with Crippen LogP contribution in [0.25, 0.3) is 0 Å². The summed E-state index contributed by atoms with van der Waals surface area (Å²) in [6, 6.07) is 15.3. The Labute approximate surface area is 147 Å². The van der Waals surface area contributed by atoms with E-state index in [1.54, 1.807) is 17.5 Å². The third-order valence-corrected chi connectivity index (χ3v) is 4.85. The van der Waals surface area contributed by atoms with E-state index in [2.05, 4.69) is 26.3 Å². The Bertz CT molecular complexity index is 775. The van der Waals surface area contributed by atoms with E-state index < -0.39 is 0 Å². The lowest BCUT2D eigenvalue weighted by Gasteiger charge is -2.22. The van der Waals surface area contributed by atoms with Crippen LogP contribution in [0.2, 0.25) is 0 Å². The van der Waals surface area contributed by atoms with Crippen molar-refractivity contribution < 1.29 is 4.79 Å². The van der Waals surface area contributed by atoms with Gasteiger partial charge in [0.2, 0.25) is 0 Å². The summed E-state index contributed by atoms with van der Waals surface area (Å²) in [6.45, 7) is 1.05. The minimum Gasteiger partial charge on any atom is -0.328 e. The summed E-state index contributed by atoms with van der Waals surface area (Å²) in [5.74, 6) is -0.00525. The standard InChI is InChI=1S/C18H15BrN2OS/c19-17-7-2-1-6-16(17)18(22)21(11-14-8-10-23-13-14)12-15-5-3-4-9-20-15/h1-10,13H,11-12H2. The molecule has 0 N–H and O–H groups in total. The van der Waals surface area contributed by atoms with Crippen molar-refractivity contribution in [1.82, 2.24) is 9.88 Å². The number of carbonyl (C=O) groups excluding carboxylic acids is 1. The molecule has 2 heterocycles. The van der Waals surface area contributed by atoms with Gasteiger partial charge < -0.3 is 4.90 Å². The summed E-state index contributed by atoms with van der Waals surface area (Å²) < 4.78 is 0.807. The fourth-order valence-corrected chi connectivity index (χ4v) is 3.41. The van der Waals surface area contributed by atoms with E-state index in [4.69, 9.17) is 0 Å². The first kappa shape index (κ1) is 15.9. The predicted octanol–water partition coefficient (Wildman–Crippen LogP) is 4.75. The molecule has 3 aromatic rings. The highest BCUT2D eigenvalue weighted by Crippen LogP contribution is 2.21. The first-order valence-corrected chi connectivity index (χ1v) is 8.92. The summed E-state index contributed by atoms with van der Waals surface area (Å²) in [5.41, 5.74) is 2.67. The van der Waals surface area contributed by atoms with Crippen molar-refractivity contribution >= 4 is 33.2 Å². The molecule has 0 saturated heterocycles.